The highest BCUT2D eigenvalue weighted by Gasteiger charge is 2.31. The van der Waals surface area contributed by atoms with E-state index in [4.69, 9.17) is 13.9 Å². The number of methoxy groups -OCH3 is 2. The van der Waals surface area contributed by atoms with Crippen LogP contribution in [0.3, 0.4) is 0 Å². The number of carbonyl (C=O) groups excluding carboxylic acids is 1. The summed E-state index contributed by atoms with van der Waals surface area (Å²) in [6.07, 6.45) is 3.73. The van der Waals surface area contributed by atoms with Gasteiger partial charge in [-0.1, -0.05) is 5.57 Å². The number of carbonyl (C=O) groups is 1. The molecule has 1 amide bonds. The predicted molar refractivity (Wildman–Crippen MR) is 120 cm³/mol. The van der Waals surface area contributed by atoms with Crippen molar-refractivity contribution in [3.8, 4) is 17.2 Å². The highest BCUT2D eigenvalue weighted by molar-refractivity contribution is 5.92. The second-order valence-corrected chi connectivity index (χ2v) is 7.89. The van der Waals surface area contributed by atoms with Crippen molar-refractivity contribution in [2.45, 2.75) is 32.2 Å². The van der Waals surface area contributed by atoms with Gasteiger partial charge in [-0.3, -0.25) is 4.79 Å². The van der Waals surface area contributed by atoms with Crippen LogP contribution in [0.2, 0.25) is 0 Å². The Bertz CT molecular complexity index is 1180. The molecule has 0 spiro atoms. The first-order valence-electron chi connectivity index (χ1n) is 10.5. The Balaban J connectivity index is 1.62. The van der Waals surface area contributed by atoms with Crippen LogP contribution in [0, 0.1) is 5.95 Å². The Morgan fingerprint density at radius 2 is 1.97 bits per heavy atom. The molecule has 0 aliphatic heterocycles. The highest BCUT2D eigenvalue weighted by atomic mass is 19.1. The van der Waals surface area contributed by atoms with Crippen LogP contribution in [-0.4, -0.2) is 30.2 Å². The molecule has 0 radical (unpaired) electrons. The number of phenols is 1. The number of hydrogen-bond donors (Lipinski definition) is 2. The summed E-state index contributed by atoms with van der Waals surface area (Å²) in [5.74, 6) is 0.309. The van der Waals surface area contributed by atoms with E-state index in [1.807, 2.05) is 6.92 Å². The molecule has 33 heavy (non-hydrogen) atoms. The average molecular weight is 452 g/mol. The number of aromatic hydroxyl groups is 1. The summed E-state index contributed by atoms with van der Waals surface area (Å²) in [4.78, 5) is 16.5. The average Bonchev–Trinajstić information content (AvgIpc) is 3.41. The number of aromatic nitrogens is 1. The Morgan fingerprint density at radius 1 is 1.24 bits per heavy atom. The number of amides is 1. The van der Waals surface area contributed by atoms with Crippen molar-refractivity contribution in [2.75, 3.05) is 14.2 Å². The molecular weight excluding hydrogens is 427 g/mol. The molecule has 8 heteroatoms. The lowest BCUT2D eigenvalue weighted by molar-refractivity contribution is -0.120. The van der Waals surface area contributed by atoms with E-state index < -0.39 is 5.95 Å². The molecule has 3 aromatic rings. The van der Waals surface area contributed by atoms with Crippen molar-refractivity contribution < 1.29 is 28.2 Å². The summed E-state index contributed by atoms with van der Waals surface area (Å²) >= 11 is 0. The zero-order valence-corrected chi connectivity index (χ0v) is 18.6. The quantitative estimate of drug-likeness (QED) is 0.494. The number of nitrogens with one attached hydrogen (secondary N) is 1. The van der Waals surface area contributed by atoms with E-state index in [1.54, 1.807) is 30.5 Å². The predicted octanol–water partition coefficient (Wildman–Crippen LogP) is 4.36. The molecule has 2 aromatic heterocycles. The minimum Gasteiger partial charge on any atom is -0.502 e. The lowest BCUT2D eigenvalue weighted by Gasteiger charge is -2.17. The number of ether oxygens (including phenoxy) is 2. The normalized spacial score (nSPS) is 14.8. The van der Waals surface area contributed by atoms with Gasteiger partial charge in [0.05, 0.1) is 33.4 Å². The SMILES string of the molecule is COc1cc(CC2C(C)=C(CC(=O)NCc3ccco3)c3cc(F)ncc32)cc(OC)c1O. The van der Waals surface area contributed by atoms with Gasteiger partial charge in [0.25, 0.3) is 0 Å². The highest BCUT2D eigenvalue weighted by Crippen LogP contribution is 2.46. The largest absolute Gasteiger partial charge is 0.502 e. The Hall–Kier alpha value is -3.81. The molecular formula is C25H25FN2O5. The molecule has 1 atom stereocenters. The third-order valence-electron chi connectivity index (χ3n) is 5.96. The molecule has 0 fully saturated rings. The topological polar surface area (TPSA) is 93.8 Å². The summed E-state index contributed by atoms with van der Waals surface area (Å²) in [5, 5.41) is 13.1. The number of hydrogen-bond acceptors (Lipinski definition) is 6. The van der Waals surface area contributed by atoms with Gasteiger partial charge in [0.1, 0.15) is 5.76 Å². The molecule has 2 N–H and O–H groups in total. The molecule has 1 unspecified atom stereocenters. The van der Waals surface area contributed by atoms with Crippen molar-refractivity contribution in [2.24, 2.45) is 0 Å². The van der Waals surface area contributed by atoms with Gasteiger partial charge in [-0.15, -0.1) is 0 Å². The van der Waals surface area contributed by atoms with Gasteiger partial charge < -0.3 is 24.3 Å². The minimum absolute atomic E-state index is 0.0690. The number of pyridine rings is 1. The van der Waals surface area contributed by atoms with E-state index >= 15 is 0 Å². The second kappa shape index (κ2) is 9.36. The maximum atomic E-state index is 14.0. The number of nitrogens with zero attached hydrogens (tertiary/aromatic N) is 1. The van der Waals surface area contributed by atoms with Crippen LogP contribution in [0.25, 0.3) is 5.57 Å². The van der Waals surface area contributed by atoms with Crippen molar-refractivity contribution in [3.63, 3.8) is 0 Å². The molecule has 0 saturated carbocycles. The lowest BCUT2D eigenvalue weighted by Crippen LogP contribution is -2.22. The van der Waals surface area contributed by atoms with Gasteiger partial charge in [-0.05, 0) is 59.9 Å². The number of furan rings is 1. The molecule has 0 saturated heterocycles. The first kappa shape index (κ1) is 22.4. The number of phenolic OH excluding ortho intramolecular Hbond substituents is 1. The smallest absolute Gasteiger partial charge is 0.224 e. The summed E-state index contributed by atoms with van der Waals surface area (Å²) in [6.45, 7) is 2.23. The van der Waals surface area contributed by atoms with Crippen molar-refractivity contribution in [1.82, 2.24) is 10.3 Å². The van der Waals surface area contributed by atoms with E-state index in [9.17, 15) is 14.3 Å². The van der Waals surface area contributed by atoms with E-state index in [1.165, 1.54) is 26.5 Å². The monoisotopic (exact) mass is 452 g/mol. The van der Waals surface area contributed by atoms with Crippen LogP contribution in [-0.2, 0) is 17.8 Å². The zero-order valence-electron chi connectivity index (χ0n) is 18.6. The van der Waals surface area contributed by atoms with Gasteiger partial charge in [0.15, 0.2) is 11.5 Å². The number of allylic oxidation sites excluding steroid dienone is 1. The van der Waals surface area contributed by atoms with Gasteiger partial charge in [-0.25, -0.2) is 4.98 Å². The fourth-order valence-corrected chi connectivity index (χ4v) is 4.26. The fraction of sp³-hybridized carbons (Fsp3) is 0.280. The lowest BCUT2D eigenvalue weighted by atomic mass is 9.90. The van der Waals surface area contributed by atoms with E-state index in [0.717, 1.165) is 22.3 Å². The maximum absolute atomic E-state index is 14.0. The Morgan fingerprint density at radius 3 is 2.61 bits per heavy atom. The number of halogens is 1. The Labute approximate surface area is 190 Å². The van der Waals surface area contributed by atoms with Crippen LogP contribution in [0.4, 0.5) is 4.39 Å². The Kier molecular flexibility index (Phi) is 6.35. The molecule has 1 aromatic carbocycles. The molecule has 1 aliphatic carbocycles. The molecule has 172 valence electrons. The van der Waals surface area contributed by atoms with E-state index in [2.05, 4.69) is 10.3 Å². The van der Waals surface area contributed by atoms with Crippen LogP contribution in [0.5, 0.6) is 17.2 Å². The van der Waals surface area contributed by atoms with Crippen molar-refractivity contribution in [1.29, 1.82) is 0 Å². The number of benzene rings is 1. The minimum atomic E-state index is -0.594. The van der Waals surface area contributed by atoms with Crippen LogP contribution in [0.1, 0.15) is 41.7 Å². The van der Waals surface area contributed by atoms with Crippen molar-refractivity contribution in [3.05, 3.63) is 76.8 Å². The fourth-order valence-electron chi connectivity index (χ4n) is 4.26. The first-order chi connectivity index (χ1) is 15.9. The summed E-state index contributed by atoms with van der Waals surface area (Å²) in [5.41, 5.74) is 4.16. The summed E-state index contributed by atoms with van der Waals surface area (Å²) in [6, 6.07) is 8.42. The first-order valence-corrected chi connectivity index (χ1v) is 10.5. The van der Waals surface area contributed by atoms with Crippen LogP contribution >= 0.6 is 0 Å². The van der Waals surface area contributed by atoms with Gasteiger partial charge in [-0.2, -0.15) is 4.39 Å². The van der Waals surface area contributed by atoms with Gasteiger partial charge >= 0.3 is 0 Å². The standard InChI is InChI=1S/C25H25FN2O5/c1-14-17(7-15-8-21(31-2)25(30)22(9-15)32-3)20-13-27-23(26)10-19(20)18(14)11-24(29)28-12-16-5-4-6-33-16/h4-6,8-10,13,17,30H,7,11-12H2,1-3H3,(H,28,29). The maximum Gasteiger partial charge on any atom is 0.224 e. The van der Waals surface area contributed by atoms with E-state index in [-0.39, 0.29) is 30.5 Å². The van der Waals surface area contributed by atoms with Gasteiger partial charge in [0.2, 0.25) is 17.6 Å². The third kappa shape index (κ3) is 4.55. The second-order valence-electron chi connectivity index (χ2n) is 7.89. The van der Waals surface area contributed by atoms with Gasteiger partial charge in [0, 0.05) is 18.2 Å². The molecule has 7 nitrogen and oxygen atoms in total. The summed E-state index contributed by atoms with van der Waals surface area (Å²) < 4.78 is 29.8. The van der Waals surface area contributed by atoms with E-state index in [0.29, 0.717) is 29.2 Å². The number of fused-ring (bicyclic) bond motifs is 1. The van der Waals surface area contributed by atoms with Crippen LogP contribution < -0.4 is 14.8 Å². The molecule has 0 bridgehead atoms. The zero-order chi connectivity index (χ0) is 23.5. The van der Waals surface area contributed by atoms with Crippen molar-refractivity contribution >= 4 is 11.5 Å². The number of rotatable bonds is 8. The molecule has 4 rings (SSSR count). The third-order valence-corrected chi connectivity index (χ3v) is 5.96. The molecule has 2 heterocycles. The summed E-state index contributed by atoms with van der Waals surface area (Å²) in [7, 11) is 2.95. The van der Waals surface area contributed by atoms with Crippen LogP contribution in [0.15, 0.2) is 52.8 Å². The molecule has 1 aliphatic rings.